The van der Waals surface area contributed by atoms with E-state index in [1.807, 2.05) is 24.3 Å². The first-order valence-electron chi connectivity index (χ1n) is 7.22. The van der Waals surface area contributed by atoms with Gasteiger partial charge >= 0.3 is 0 Å². The van der Waals surface area contributed by atoms with E-state index >= 15 is 0 Å². The van der Waals surface area contributed by atoms with Crippen LogP contribution in [0.1, 0.15) is 6.42 Å². The van der Waals surface area contributed by atoms with Gasteiger partial charge in [-0.25, -0.2) is 4.68 Å². The predicted octanol–water partition coefficient (Wildman–Crippen LogP) is 0.692. The lowest BCUT2D eigenvalue weighted by atomic mass is 10.2. The van der Waals surface area contributed by atoms with Crippen molar-refractivity contribution >= 4 is 10.8 Å². The largest absolute Gasteiger partial charge is 0.314 e. The molecular weight excluding hydrogens is 252 g/mol. The van der Waals surface area contributed by atoms with Crippen molar-refractivity contribution in [1.82, 2.24) is 20.0 Å². The van der Waals surface area contributed by atoms with E-state index in [1.165, 1.54) is 0 Å². The Morgan fingerprint density at radius 3 is 2.80 bits per heavy atom. The highest BCUT2D eigenvalue weighted by molar-refractivity contribution is 5.80. The molecule has 5 heteroatoms. The molecule has 0 radical (unpaired) electrons. The van der Waals surface area contributed by atoms with Crippen LogP contribution < -0.4 is 10.9 Å². The van der Waals surface area contributed by atoms with Crippen LogP contribution in [0.25, 0.3) is 10.8 Å². The molecule has 0 aliphatic carbocycles. The van der Waals surface area contributed by atoms with E-state index in [0.29, 0.717) is 6.54 Å². The van der Waals surface area contributed by atoms with Crippen molar-refractivity contribution in [3.05, 3.63) is 40.8 Å². The highest BCUT2D eigenvalue weighted by atomic mass is 16.1. The van der Waals surface area contributed by atoms with Gasteiger partial charge in [0.15, 0.2) is 0 Å². The number of hydrogen-bond acceptors (Lipinski definition) is 4. The monoisotopic (exact) mass is 272 g/mol. The molecule has 1 aliphatic heterocycles. The maximum atomic E-state index is 12.3. The standard InChI is InChI=1S/C15H20N4O/c20-15-14-5-2-1-4-13(14)12-17-19(15)9-3-8-18-10-6-16-7-11-18/h1-2,4-5,12,16H,3,6-11H2. The Morgan fingerprint density at radius 2 is 1.95 bits per heavy atom. The maximum absolute atomic E-state index is 12.3. The summed E-state index contributed by atoms with van der Waals surface area (Å²) in [6.07, 6.45) is 2.74. The number of nitrogens with one attached hydrogen (secondary N) is 1. The molecule has 0 atom stereocenters. The third-order valence-corrected chi connectivity index (χ3v) is 3.82. The van der Waals surface area contributed by atoms with Crippen molar-refractivity contribution < 1.29 is 0 Å². The summed E-state index contributed by atoms with van der Waals surface area (Å²) in [4.78, 5) is 14.7. The molecule has 0 unspecified atom stereocenters. The first-order chi connectivity index (χ1) is 9.84. The quantitative estimate of drug-likeness (QED) is 0.890. The molecule has 1 aromatic carbocycles. The molecule has 2 heterocycles. The Hall–Kier alpha value is -1.72. The maximum Gasteiger partial charge on any atom is 0.274 e. The SMILES string of the molecule is O=c1c2ccccc2cnn1CCCN1CCNCC1. The highest BCUT2D eigenvalue weighted by Crippen LogP contribution is 2.06. The summed E-state index contributed by atoms with van der Waals surface area (Å²) < 4.78 is 1.59. The zero-order valence-corrected chi connectivity index (χ0v) is 11.6. The highest BCUT2D eigenvalue weighted by Gasteiger charge is 2.09. The predicted molar refractivity (Wildman–Crippen MR) is 79.9 cm³/mol. The summed E-state index contributed by atoms with van der Waals surface area (Å²) in [6, 6.07) is 7.62. The van der Waals surface area contributed by atoms with E-state index in [1.54, 1.807) is 10.9 Å². The van der Waals surface area contributed by atoms with Crippen LogP contribution in [-0.2, 0) is 6.54 Å². The van der Waals surface area contributed by atoms with Crippen LogP contribution in [0.15, 0.2) is 35.3 Å². The number of rotatable bonds is 4. The Bertz CT molecular complexity index is 631. The van der Waals surface area contributed by atoms with Crippen LogP contribution in [0.3, 0.4) is 0 Å². The second kappa shape index (κ2) is 6.15. The molecule has 2 aromatic rings. The summed E-state index contributed by atoms with van der Waals surface area (Å²) in [6.45, 7) is 6.04. The molecule has 1 saturated heterocycles. The zero-order valence-electron chi connectivity index (χ0n) is 11.6. The second-order valence-electron chi connectivity index (χ2n) is 5.21. The van der Waals surface area contributed by atoms with Gasteiger partial charge in [-0.3, -0.25) is 4.79 Å². The summed E-state index contributed by atoms with van der Waals surface area (Å²) in [5.41, 5.74) is 0.0170. The number of benzene rings is 1. The molecule has 1 aromatic heterocycles. The molecular formula is C15H20N4O. The van der Waals surface area contributed by atoms with E-state index in [9.17, 15) is 4.79 Å². The van der Waals surface area contributed by atoms with E-state index < -0.39 is 0 Å². The van der Waals surface area contributed by atoms with Crippen LogP contribution in [0.5, 0.6) is 0 Å². The van der Waals surface area contributed by atoms with Gasteiger partial charge in [0.05, 0.1) is 11.6 Å². The fourth-order valence-corrected chi connectivity index (χ4v) is 2.67. The van der Waals surface area contributed by atoms with Gasteiger partial charge in [0.1, 0.15) is 0 Å². The first-order valence-corrected chi connectivity index (χ1v) is 7.22. The van der Waals surface area contributed by atoms with E-state index in [0.717, 1.165) is 49.9 Å². The molecule has 1 N–H and O–H groups in total. The van der Waals surface area contributed by atoms with Crippen molar-refractivity contribution in [3.8, 4) is 0 Å². The number of fused-ring (bicyclic) bond motifs is 1. The number of aryl methyl sites for hydroxylation is 1. The van der Waals surface area contributed by atoms with Crippen molar-refractivity contribution in [2.24, 2.45) is 0 Å². The molecule has 1 fully saturated rings. The molecule has 1 aliphatic rings. The average molecular weight is 272 g/mol. The minimum absolute atomic E-state index is 0.0170. The van der Waals surface area contributed by atoms with Crippen LogP contribution in [-0.4, -0.2) is 47.4 Å². The molecule has 0 saturated carbocycles. The minimum atomic E-state index is 0.0170. The fraction of sp³-hybridized carbons (Fsp3) is 0.467. The molecule has 20 heavy (non-hydrogen) atoms. The Kier molecular flexibility index (Phi) is 4.08. The molecule has 106 valence electrons. The summed E-state index contributed by atoms with van der Waals surface area (Å²) in [7, 11) is 0. The molecule has 0 amide bonds. The van der Waals surface area contributed by atoms with Gasteiger partial charge in [0, 0.05) is 44.7 Å². The molecule has 5 nitrogen and oxygen atoms in total. The summed E-state index contributed by atoms with van der Waals surface area (Å²) in [5.74, 6) is 0. The third kappa shape index (κ3) is 2.89. The van der Waals surface area contributed by atoms with Crippen molar-refractivity contribution in [1.29, 1.82) is 0 Å². The Balaban J connectivity index is 1.65. The Labute approximate surface area is 118 Å². The van der Waals surface area contributed by atoms with Crippen LogP contribution in [0.4, 0.5) is 0 Å². The number of nitrogens with zero attached hydrogens (tertiary/aromatic N) is 3. The number of aromatic nitrogens is 2. The fourth-order valence-electron chi connectivity index (χ4n) is 2.67. The van der Waals surface area contributed by atoms with Gasteiger partial charge in [0.2, 0.25) is 0 Å². The third-order valence-electron chi connectivity index (χ3n) is 3.82. The van der Waals surface area contributed by atoms with Gasteiger partial charge in [-0.15, -0.1) is 0 Å². The lowest BCUT2D eigenvalue weighted by Gasteiger charge is -2.27. The van der Waals surface area contributed by atoms with E-state index in [4.69, 9.17) is 0 Å². The van der Waals surface area contributed by atoms with Gasteiger partial charge in [-0.1, -0.05) is 18.2 Å². The van der Waals surface area contributed by atoms with Crippen molar-refractivity contribution in [3.63, 3.8) is 0 Å². The molecule has 0 bridgehead atoms. The van der Waals surface area contributed by atoms with Crippen molar-refractivity contribution in [2.45, 2.75) is 13.0 Å². The van der Waals surface area contributed by atoms with Crippen LogP contribution in [0.2, 0.25) is 0 Å². The van der Waals surface area contributed by atoms with Gasteiger partial charge < -0.3 is 10.2 Å². The summed E-state index contributed by atoms with van der Waals surface area (Å²) >= 11 is 0. The lowest BCUT2D eigenvalue weighted by Crippen LogP contribution is -2.44. The van der Waals surface area contributed by atoms with Crippen LogP contribution in [0, 0.1) is 0 Å². The topological polar surface area (TPSA) is 50.2 Å². The smallest absolute Gasteiger partial charge is 0.274 e. The molecule has 3 rings (SSSR count). The number of piperazine rings is 1. The van der Waals surface area contributed by atoms with Crippen LogP contribution >= 0.6 is 0 Å². The summed E-state index contributed by atoms with van der Waals surface area (Å²) in [5, 5.41) is 9.27. The van der Waals surface area contributed by atoms with E-state index in [2.05, 4.69) is 15.3 Å². The lowest BCUT2D eigenvalue weighted by molar-refractivity contribution is 0.233. The Morgan fingerprint density at radius 1 is 1.15 bits per heavy atom. The second-order valence-corrected chi connectivity index (χ2v) is 5.21. The van der Waals surface area contributed by atoms with Crippen molar-refractivity contribution in [2.75, 3.05) is 32.7 Å². The normalized spacial score (nSPS) is 16.6. The zero-order chi connectivity index (χ0) is 13.8. The van der Waals surface area contributed by atoms with E-state index in [-0.39, 0.29) is 5.56 Å². The van der Waals surface area contributed by atoms with Gasteiger partial charge in [0.25, 0.3) is 5.56 Å². The first kappa shape index (κ1) is 13.3. The molecule has 0 spiro atoms. The number of hydrogen-bond donors (Lipinski definition) is 1. The van der Waals surface area contributed by atoms with Gasteiger partial charge in [-0.05, 0) is 12.5 Å². The average Bonchev–Trinajstić information content (AvgIpc) is 2.51. The van der Waals surface area contributed by atoms with Gasteiger partial charge in [-0.2, -0.15) is 5.10 Å². The minimum Gasteiger partial charge on any atom is -0.314 e.